The second kappa shape index (κ2) is 6.96. The van der Waals surface area contributed by atoms with Crippen molar-refractivity contribution in [2.75, 3.05) is 5.88 Å². The number of hydrogen-bond donors (Lipinski definition) is 0. The van der Waals surface area contributed by atoms with Gasteiger partial charge in [-0.15, -0.1) is 11.6 Å². The third-order valence-corrected chi connectivity index (χ3v) is 3.30. The second-order valence-electron chi connectivity index (χ2n) is 4.97. The van der Waals surface area contributed by atoms with Gasteiger partial charge in [0.1, 0.15) is 0 Å². The molecule has 0 fully saturated rings. The smallest absolute Gasteiger partial charge is 0.0292 e. The Morgan fingerprint density at radius 1 is 1.12 bits per heavy atom. The van der Waals surface area contributed by atoms with E-state index in [1.807, 2.05) is 0 Å². The Hall–Kier alpha value is -0.490. The van der Waals surface area contributed by atoms with Crippen LogP contribution in [0, 0.1) is 5.92 Å². The van der Waals surface area contributed by atoms with E-state index in [-0.39, 0.29) is 0 Å². The molecular formula is C15H23Cl. The number of benzene rings is 1. The molecule has 1 unspecified atom stereocenters. The average Bonchev–Trinajstić information content (AvgIpc) is 2.27. The van der Waals surface area contributed by atoms with Crippen LogP contribution in [0.3, 0.4) is 0 Å². The summed E-state index contributed by atoms with van der Waals surface area (Å²) >= 11 is 6.05. The van der Waals surface area contributed by atoms with E-state index >= 15 is 0 Å². The molecule has 90 valence electrons. The van der Waals surface area contributed by atoms with E-state index in [4.69, 9.17) is 11.6 Å². The van der Waals surface area contributed by atoms with Crippen LogP contribution in [0.1, 0.15) is 50.7 Å². The fourth-order valence-corrected chi connectivity index (χ4v) is 2.41. The van der Waals surface area contributed by atoms with Crippen LogP contribution in [-0.4, -0.2) is 5.88 Å². The Labute approximate surface area is 105 Å². The van der Waals surface area contributed by atoms with Crippen LogP contribution in [0.15, 0.2) is 24.3 Å². The number of hydrogen-bond acceptors (Lipinski definition) is 0. The summed E-state index contributed by atoms with van der Waals surface area (Å²) in [6, 6.07) is 9.00. The highest BCUT2D eigenvalue weighted by Crippen LogP contribution is 2.25. The molecule has 0 saturated carbocycles. The topological polar surface area (TPSA) is 0 Å². The van der Waals surface area contributed by atoms with Gasteiger partial charge in [0.2, 0.25) is 0 Å². The van der Waals surface area contributed by atoms with Crippen molar-refractivity contribution in [2.45, 2.75) is 46.0 Å². The highest BCUT2D eigenvalue weighted by Gasteiger charge is 2.11. The van der Waals surface area contributed by atoms with E-state index in [1.54, 1.807) is 0 Å². The molecule has 1 atom stereocenters. The molecule has 1 rings (SSSR count). The van der Waals surface area contributed by atoms with Crippen molar-refractivity contribution in [1.29, 1.82) is 0 Å². The van der Waals surface area contributed by atoms with Crippen LogP contribution in [0.4, 0.5) is 0 Å². The van der Waals surface area contributed by atoms with Crippen molar-refractivity contribution in [3.05, 3.63) is 35.4 Å². The SMILES string of the molecule is CCCc1ccc(C(CCl)CC(C)C)cc1. The minimum absolute atomic E-state index is 0.511. The monoisotopic (exact) mass is 238 g/mol. The van der Waals surface area contributed by atoms with Gasteiger partial charge >= 0.3 is 0 Å². The van der Waals surface area contributed by atoms with Gasteiger partial charge in [0.25, 0.3) is 0 Å². The standard InChI is InChI=1S/C15H23Cl/c1-4-5-13-6-8-14(9-7-13)15(11-16)10-12(2)3/h6-9,12,15H,4-5,10-11H2,1-3H3. The zero-order valence-corrected chi connectivity index (χ0v) is 11.4. The highest BCUT2D eigenvalue weighted by molar-refractivity contribution is 6.18. The lowest BCUT2D eigenvalue weighted by molar-refractivity contribution is 0.526. The van der Waals surface area contributed by atoms with Crippen molar-refractivity contribution in [3.63, 3.8) is 0 Å². The molecule has 0 spiro atoms. The molecule has 1 heteroatoms. The second-order valence-corrected chi connectivity index (χ2v) is 5.28. The minimum Gasteiger partial charge on any atom is -0.126 e. The summed E-state index contributed by atoms with van der Waals surface area (Å²) in [5, 5.41) is 0. The van der Waals surface area contributed by atoms with E-state index in [0.29, 0.717) is 11.8 Å². The third kappa shape index (κ3) is 4.17. The highest BCUT2D eigenvalue weighted by atomic mass is 35.5. The number of rotatable bonds is 6. The van der Waals surface area contributed by atoms with Gasteiger partial charge in [-0.2, -0.15) is 0 Å². The number of halogens is 1. The summed E-state index contributed by atoms with van der Waals surface area (Å²) in [7, 11) is 0. The van der Waals surface area contributed by atoms with Crippen LogP contribution in [0.5, 0.6) is 0 Å². The molecule has 16 heavy (non-hydrogen) atoms. The molecule has 0 aliphatic heterocycles. The Kier molecular flexibility index (Phi) is 5.90. The maximum atomic E-state index is 6.05. The average molecular weight is 239 g/mol. The first-order valence-corrected chi connectivity index (χ1v) is 6.85. The predicted octanol–water partition coefficient (Wildman–Crippen LogP) is 5.01. The van der Waals surface area contributed by atoms with Crippen LogP contribution in [-0.2, 0) is 6.42 Å². The Bertz CT molecular complexity index is 287. The molecule has 0 amide bonds. The van der Waals surface area contributed by atoms with Gasteiger partial charge < -0.3 is 0 Å². The van der Waals surface area contributed by atoms with Crippen molar-refractivity contribution in [1.82, 2.24) is 0 Å². The first kappa shape index (κ1) is 13.6. The molecule has 0 bridgehead atoms. The molecule has 0 radical (unpaired) electrons. The number of alkyl halides is 1. The first-order valence-electron chi connectivity index (χ1n) is 6.32. The zero-order chi connectivity index (χ0) is 12.0. The fourth-order valence-electron chi connectivity index (χ4n) is 2.10. The maximum absolute atomic E-state index is 6.05. The minimum atomic E-state index is 0.511. The lowest BCUT2D eigenvalue weighted by Crippen LogP contribution is -2.04. The van der Waals surface area contributed by atoms with E-state index in [2.05, 4.69) is 45.0 Å². The zero-order valence-electron chi connectivity index (χ0n) is 10.7. The summed E-state index contributed by atoms with van der Waals surface area (Å²) in [4.78, 5) is 0. The van der Waals surface area contributed by atoms with Gasteiger partial charge in [0.05, 0.1) is 0 Å². The van der Waals surface area contributed by atoms with Crippen molar-refractivity contribution >= 4 is 11.6 Å². The van der Waals surface area contributed by atoms with E-state index < -0.39 is 0 Å². The van der Waals surface area contributed by atoms with E-state index in [0.717, 1.165) is 5.88 Å². The van der Waals surface area contributed by atoms with Gasteiger partial charge in [-0.25, -0.2) is 0 Å². The van der Waals surface area contributed by atoms with Crippen LogP contribution < -0.4 is 0 Å². The van der Waals surface area contributed by atoms with Crippen molar-refractivity contribution in [3.8, 4) is 0 Å². The quantitative estimate of drug-likeness (QED) is 0.612. The van der Waals surface area contributed by atoms with Crippen LogP contribution >= 0.6 is 11.6 Å². The summed E-state index contributed by atoms with van der Waals surface area (Å²) in [5.41, 5.74) is 2.83. The predicted molar refractivity (Wildman–Crippen MR) is 73.4 cm³/mol. The van der Waals surface area contributed by atoms with Gasteiger partial charge in [-0.05, 0) is 35.8 Å². The summed E-state index contributed by atoms with van der Waals surface area (Å²) in [6.45, 7) is 6.73. The Morgan fingerprint density at radius 2 is 1.75 bits per heavy atom. The molecule has 0 aliphatic carbocycles. The normalized spacial score (nSPS) is 13.1. The van der Waals surface area contributed by atoms with Gasteiger partial charge in [0, 0.05) is 5.88 Å². The molecule has 0 saturated heterocycles. The molecule has 0 heterocycles. The van der Waals surface area contributed by atoms with Gasteiger partial charge in [-0.3, -0.25) is 0 Å². The Morgan fingerprint density at radius 3 is 2.19 bits per heavy atom. The van der Waals surface area contributed by atoms with E-state index in [1.165, 1.54) is 30.4 Å². The van der Waals surface area contributed by atoms with Crippen LogP contribution in [0.25, 0.3) is 0 Å². The van der Waals surface area contributed by atoms with Crippen LogP contribution in [0.2, 0.25) is 0 Å². The fraction of sp³-hybridized carbons (Fsp3) is 0.600. The number of aryl methyl sites for hydroxylation is 1. The van der Waals surface area contributed by atoms with Gasteiger partial charge in [0.15, 0.2) is 0 Å². The molecule has 0 aromatic heterocycles. The summed E-state index contributed by atoms with van der Waals surface area (Å²) in [6.07, 6.45) is 3.57. The Balaban J connectivity index is 2.70. The summed E-state index contributed by atoms with van der Waals surface area (Å²) in [5.74, 6) is 1.95. The molecule has 0 nitrogen and oxygen atoms in total. The lowest BCUT2D eigenvalue weighted by Gasteiger charge is -2.17. The first-order chi connectivity index (χ1) is 7.67. The molecular weight excluding hydrogens is 216 g/mol. The van der Waals surface area contributed by atoms with Crippen molar-refractivity contribution in [2.24, 2.45) is 5.92 Å². The molecule has 0 N–H and O–H groups in total. The lowest BCUT2D eigenvalue weighted by atomic mass is 9.91. The summed E-state index contributed by atoms with van der Waals surface area (Å²) < 4.78 is 0. The van der Waals surface area contributed by atoms with Gasteiger partial charge in [-0.1, -0.05) is 51.5 Å². The maximum Gasteiger partial charge on any atom is 0.0292 e. The molecule has 0 aliphatic rings. The third-order valence-electron chi connectivity index (χ3n) is 2.93. The largest absolute Gasteiger partial charge is 0.126 e. The molecule has 1 aromatic carbocycles. The van der Waals surface area contributed by atoms with Crippen molar-refractivity contribution < 1.29 is 0 Å². The van der Waals surface area contributed by atoms with E-state index in [9.17, 15) is 0 Å². The molecule has 1 aromatic rings.